The average molecular weight is 396 g/mol. The zero-order chi connectivity index (χ0) is 10.9. The Morgan fingerprint density at radius 1 is 1.64 bits per heavy atom. The monoisotopic (exact) mass is 395 g/mol. The van der Waals surface area contributed by atoms with E-state index >= 15 is 0 Å². The van der Waals surface area contributed by atoms with E-state index in [2.05, 4.69) is 20.9 Å². The van der Waals surface area contributed by atoms with E-state index in [0.29, 0.717) is 8.17 Å². The summed E-state index contributed by atoms with van der Waals surface area (Å²) in [6, 6.07) is 1.18. The molecule has 0 aliphatic heterocycles. The van der Waals surface area contributed by atoms with Crippen molar-refractivity contribution in [1.29, 1.82) is 0 Å². The van der Waals surface area contributed by atoms with Gasteiger partial charge in [0.05, 0.1) is 0 Å². The zero-order valence-electron chi connectivity index (χ0n) is 6.40. The lowest BCUT2D eigenvalue weighted by atomic mass is 10.2. The topological polar surface area (TPSA) is 30.0 Å². The number of rotatable bonds is 2. The van der Waals surface area contributed by atoms with E-state index < -0.39 is 22.9 Å². The first kappa shape index (κ1) is 12.3. The van der Waals surface area contributed by atoms with Crippen LogP contribution in [-0.4, -0.2) is 10.2 Å². The fourth-order valence-electron chi connectivity index (χ4n) is 0.804. The SMILES string of the molecule is O=C(Cl)c1nc(Br)c(I)cc1C(F)F. The second kappa shape index (κ2) is 4.80. The van der Waals surface area contributed by atoms with Crippen LogP contribution in [0.3, 0.4) is 0 Å². The van der Waals surface area contributed by atoms with Crippen LogP contribution >= 0.6 is 50.1 Å². The third kappa shape index (κ3) is 2.60. The summed E-state index contributed by atoms with van der Waals surface area (Å²) in [5, 5.41) is -0.989. The van der Waals surface area contributed by atoms with Gasteiger partial charge in [-0.3, -0.25) is 4.79 Å². The number of nitrogens with zero attached hydrogens (tertiary/aromatic N) is 1. The summed E-state index contributed by atoms with van der Waals surface area (Å²) in [6.45, 7) is 0. The molecule has 0 bridgehead atoms. The van der Waals surface area contributed by atoms with Gasteiger partial charge in [-0.25, -0.2) is 13.8 Å². The molecule has 0 saturated carbocycles. The summed E-state index contributed by atoms with van der Waals surface area (Å²) in [5.41, 5.74) is -0.855. The second-order valence-electron chi connectivity index (χ2n) is 2.27. The summed E-state index contributed by atoms with van der Waals surface area (Å²) in [5.74, 6) is 0. The smallest absolute Gasteiger partial charge is 0.271 e. The zero-order valence-corrected chi connectivity index (χ0v) is 10.9. The number of hydrogen-bond donors (Lipinski definition) is 0. The van der Waals surface area contributed by atoms with Crippen LogP contribution in [0.2, 0.25) is 0 Å². The molecule has 1 aromatic rings. The fourth-order valence-corrected chi connectivity index (χ4v) is 1.70. The highest BCUT2D eigenvalue weighted by Crippen LogP contribution is 2.28. The molecule has 7 heteroatoms. The van der Waals surface area contributed by atoms with Crippen molar-refractivity contribution in [3.63, 3.8) is 0 Å². The van der Waals surface area contributed by atoms with Crippen LogP contribution < -0.4 is 0 Å². The minimum Gasteiger partial charge on any atom is -0.274 e. The van der Waals surface area contributed by atoms with Gasteiger partial charge in [0, 0.05) is 9.13 Å². The van der Waals surface area contributed by atoms with Crippen molar-refractivity contribution in [1.82, 2.24) is 4.98 Å². The van der Waals surface area contributed by atoms with Crippen LogP contribution in [0.4, 0.5) is 8.78 Å². The first-order valence-corrected chi connectivity index (χ1v) is 5.52. The first-order chi connectivity index (χ1) is 6.43. The van der Waals surface area contributed by atoms with Gasteiger partial charge in [-0.1, -0.05) is 0 Å². The molecule has 14 heavy (non-hydrogen) atoms. The molecule has 0 amide bonds. The summed E-state index contributed by atoms with van der Waals surface area (Å²) in [7, 11) is 0. The van der Waals surface area contributed by atoms with Crippen LogP contribution in [0.15, 0.2) is 10.7 Å². The molecule has 0 unspecified atom stereocenters. The molecule has 1 aromatic heterocycles. The average Bonchev–Trinajstić information content (AvgIpc) is 2.08. The van der Waals surface area contributed by atoms with Crippen molar-refractivity contribution in [2.75, 3.05) is 0 Å². The van der Waals surface area contributed by atoms with Gasteiger partial charge in [0.2, 0.25) is 0 Å². The standard InChI is InChI=1S/C7H2BrClF2INO/c8-5-3(12)1-2(7(10)11)4(13-5)6(9)14/h1,7H. The number of alkyl halides is 2. The third-order valence-electron chi connectivity index (χ3n) is 1.38. The number of hydrogen-bond acceptors (Lipinski definition) is 2. The van der Waals surface area contributed by atoms with Crippen LogP contribution in [-0.2, 0) is 0 Å². The van der Waals surface area contributed by atoms with Gasteiger partial charge in [0.25, 0.3) is 11.7 Å². The van der Waals surface area contributed by atoms with Crippen molar-refractivity contribution in [3.8, 4) is 0 Å². The molecular formula is C7H2BrClF2INO. The Morgan fingerprint density at radius 2 is 2.21 bits per heavy atom. The van der Waals surface area contributed by atoms with Crippen molar-refractivity contribution in [3.05, 3.63) is 25.5 Å². The summed E-state index contributed by atoms with van der Waals surface area (Å²) >= 11 is 9.97. The van der Waals surface area contributed by atoms with Gasteiger partial charge in [0.1, 0.15) is 10.3 Å². The Morgan fingerprint density at radius 3 is 2.64 bits per heavy atom. The number of pyridine rings is 1. The molecule has 0 radical (unpaired) electrons. The van der Waals surface area contributed by atoms with E-state index in [-0.39, 0.29) is 0 Å². The Kier molecular flexibility index (Phi) is 4.20. The highest BCUT2D eigenvalue weighted by atomic mass is 127. The molecule has 76 valence electrons. The summed E-state index contributed by atoms with van der Waals surface area (Å²) in [4.78, 5) is 14.4. The number of halogens is 5. The highest BCUT2D eigenvalue weighted by Gasteiger charge is 2.20. The molecule has 1 rings (SSSR count). The molecule has 0 spiro atoms. The molecule has 1 heterocycles. The molecule has 2 nitrogen and oxygen atoms in total. The molecule has 0 fully saturated rings. The Balaban J connectivity index is 3.39. The minimum atomic E-state index is -2.76. The highest BCUT2D eigenvalue weighted by molar-refractivity contribution is 14.1. The van der Waals surface area contributed by atoms with Crippen molar-refractivity contribution in [2.24, 2.45) is 0 Å². The van der Waals surface area contributed by atoms with E-state index in [9.17, 15) is 13.6 Å². The quantitative estimate of drug-likeness (QED) is 0.433. The molecule has 0 atom stereocenters. The van der Waals surface area contributed by atoms with Crippen LogP contribution in [0.1, 0.15) is 22.5 Å². The van der Waals surface area contributed by atoms with Gasteiger partial charge in [-0.05, 0) is 56.2 Å². The molecule has 0 aliphatic rings. The van der Waals surface area contributed by atoms with Crippen molar-refractivity contribution in [2.45, 2.75) is 6.43 Å². The van der Waals surface area contributed by atoms with Crippen LogP contribution in [0.25, 0.3) is 0 Å². The van der Waals surface area contributed by atoms with Gasteiger partial charge in [-0.2, -0.15) is 0 Å². The van der Waals surface area contributed by atoms with Gasteiger partial charge < -0.3 is 0 Å². The predicted octanol–water partition coefficient (Wildman–Crippen LogP) is 3.77. The van der Waals surface area contributed by atoms with Crippen LogP contribution in [0.5, 0.6) is 0 Å². The summed E-state index contributed by atoms with van der Waals surface area (Å²) < 4.78 is 25.7. The molecule has 0 saturated heterocycles. The van der Waals surface area contributed by atoms with E-state index in [1.54, 1.807) is 0 Å². The van der Waals surface area contributed by atoms with Crippen LogP contribution in [0, 0.1) is 3.57 Å². The maximum atomic E-state index is 12.4. The lowest BCUT2D eigenvalue weighted by molar-refractivity contribution is 0.106. The van der Waals surface area contributed by atoms with Crippen molar-refractivity contribution >= 4 is 55.4 Å². The largest absolute Gasteiger partial charge is 0.274 e. The molecule has 0 aromatic carbocycles. The maximum absolute atomic E-state index is 12.4. The van der Waals surface area contributed by atoms with E-state index in [0.717, 1.165) is 0 Å². The maximum Gasteiger partial charge on any atom is 0.271 e. The Labute approximate surface area is 105 Å². The molecule has 0 N–H and O–H groups in total. The van der Waals surface area contributed by atoms with E-state index in [1.165, 1.54) is 6.07 Å². The van der Waals surface area contributed by atoms with Gasteiger partial charge in [0.15, 0.2) is 0 Å². The number of carbonyl (C=O) groups excluding carboxylic acids is 1. The van der Waals surface area contributed by atoms with E-state index in [1.807, 2.05) is 22.6 Å². The summed E-state index contributed by atoms with van der Waals surface area (Å²) in [6.07, 6.45) is -2.76. The minimum absolute atomic E-state index is 0.325. The Bertz CT molecular complexity index is 388. The predicted molar refractivity (Wildman–Crippen MR) is 59.8 cm³/mol. The van der Waals surface area contributed by atoms with E-state index in [4.69, 9.17) is 11.6 Å². The second-order valence-corrected chi connectivity index (χ2v) is 4.53. The normalized spacial score (nSPS) is 10.7. The lowest BCUT2D eigenvalue weighted by Gasteiger charge is -2.05. The fraction of sp³-hybridized carbons (Fsp3) is 0.143. The number of aromatic nitrogens is 1. The molecular weight excluding hydrogens is 394 g/mol. The Hall–Kier alpha value is 0.180. The third-order valence-corrected chi connectivity index (χ3v) is 3.73. The van der Waals surface area contributed by atoms with Gasteiger partial charge >= 0.3 is 0 Å². The van der Waals surface area contributed by atoms with Gasteiger partial charge in [-0.15, -0.1) is 0 Å². The van der Waals surface area contributed by atoms with Crippen molar-refractivity contribution < 1.29 is 13.6 Å². The molecule has 0 aliphatic carbocycles. The lowest BCUT2D eigenvalue weighted by Crippen LogP contribution is -2.03. The first-order valence-electron chi connectivity index (χ1n) is 3.27. The number of carbonyl (C=O) groups is 1.